The summed E-state index contributed by atoms with van der Waals surface area (Å²) in [7, 11) is 0. The van der Waals surface area contributed by atoms with Crippen LogP contribution in [-0.4, -0.2) is 69.9 Å². The highest BCUT2D eigenvalue weighted by molar-refractivity contribution is 6.03. The molecule has 2 aliphatic carbocycles. The summed E-state index contributed by atoms with van der Waals surface area (Å²) in [6, 6.07) is 17.5. The van der Waals surface area contributed by atoms with Gasteiger partial charge in [0.1, 0.15) is 36.6 Å². The zero-order valence-corrected chi connectivity index (χ0v) is 40.6. The van der Waals surface area contributed by atoms with Gasteiger partial charge in [-0.05, 0) is 103 Å². The third-order valence-corrected chi connectivity index (χ3v) is 14.0. The topological polar surface area (TPSA) is 153 Å². The summed E-state index contributed by atoms with van der Waals surface area (Å²) in [5, 5.41) is 36.3. The van der Waals surface area contributed by atoms with Crippen LogP contribution in [0.4, 0.5) is 10.1 Å². The molecule has 3 aromatic rings. The van der Waals surface area contributed by atoms with Crippen molar-refractivity contribution in [3.8, 4) is 11.5 Å². The minimum Gasteiger partial charge on any atom is -0.490 e. The van der Waals surface area contributed by atoms with E-state index in [4.69, 9.17) is 24.2 Å². The fourth-order valence-corrected chi connectivity index (χ4v) is 10.7. The summed E-state index contributed by atoms with van der Waals surface area (Å²) in [5.41, 5.74) is 3.85. The molecule has 0 bridgehead atoms. The number of aliphatic hydroxyl groups excluding tert-OH is 2. The van der Waals surface area contributed by atoms with Crippen LogP contribution in [0.15, 0.2) is 109 Å². The zero-order valence-electron chi connectivity index (χ0n) is 40.6. The van der Waals surface area contributed by atoms with Crippen LogP contribution in [0.3, 0.4) is 0 Å². The Balaban J connectivity index is 1.51. The number of hydrogen-bond acceptors (Lipinski definition) is 10. The number of allylic oxidation sites excluding steroid dienone is 1. The lowest BCUT2D eigenvalue weighted by atomic mass is 9.55. The van der Waals surface area contributed by atoms with Crippen LogP contribution in [0.5, 0.6) is 11.5 Å². The summed E-state index contributed by atoms with van der Waals surface area (Å²) < 4.78 is 35.2. The fraction of sp³-hybridized carbons (Fsp3) is 0.536. The van der Waals surface area contributed by atoms with Gasteiger partial charge in [0.2, 0.25) is 11.7 Å². The molecule has 0 saturated heterocycles. The second-order valence-corrected chi connectivity index (χ2v) is 18.8. The van der Waals surface area contributed by atoms with Crippen molar-refractivity contribution in [3.05, 3.63) is 136 Å². The normalized spacial score (nSPS) is 21.9. The molecule has 1 fully saturated rings. The van der Waals surface area contributed by atoms with Crippen LogP contribution in [0.25, 0.3) is 0 Å². The molecule has 2 N–H and O–H groups in total. The Morgan fingerprint density at radius 3 is 2.22 bits per heavy atom. The lowest BCUT2D eigenvalue weighted by Crippen LogP contribution is -2.70. The number of nitro groups is 1. The van der Waals surface area contributed by atoms with E-state index < -0.39 is 22.7 Å². The first-order valence-corrected chi connectivity index (χ1v) is 25.4. The van der Waals surface area contributed by atoms with Gasteiger partial charge in [0.15, 0.2) is 0 Å². The maximum absolute atomic E-state index is 15.2. The van der Waals surface area contributed by atoms with Crippen LogP contribution >= 0.6 is 0 Å². The van der Waals surface area contributed by atoms with Crippen LogP contribution in [0.2, 0.25) is 0 Å². The Labute approximate surface area is 408 Å². The van der Waals surface area contributed by atoms with Gasteiger partial charge in [0.05, 0.1) is 23.2 Å². The van der Waals surface area contributed by atoms with E-state index in [1.54, 1.807) is 36.4 Å². The van der Waals surface area contributed by atoms with E-state index in [9.17, 15) is 24.7 Å². The maximum atomic E-state index is 15.2. The number of carbonyl (C=O) groups is 1. The highest BCUT2D eigenvalue weighted by atomic mass is 19.1. The number of aliphatic hydroxyl groups is 2. The molecule has 374 valence electrons. The van der Waals surface area contributed by atoms with Crippen molar-refractivity contribution in [2.45, 2.75) is 147 Å². The predicted molar refractivity (Wildman–Crippen MR) is 267 cm³/mol. The van der Waals surface area contributed by atoms with Crippen LogP contribution in [0, 0.1) is 33.7 Å². The summed E-state index contributed by atoms with van der Waals surface area (Å²) in [4.78, 5) is 34.3. The second kappa shape index (κ2) is 27.1. The van der Waals surface area contributed by atoms with Crippen molar-refractivity contribution in [3.63, 3.8) is 0 Å². The lowest BCUT2D eigenvalue weighted by Gasteiger charge is -2.60. The van der Waals surface area contributed by atoms with E-state index in [2.05, 4.69) is 26.2 Å². The molecule has 0 unspecified atom stereocenters. The van der Waals surface area contributed by atoms with E-state index in [1.165, 1.54) is 56.4 Å². The Morgan fingerprint density at radius 2 is 1.55 bits per heavy atom. The highest BCUT2D eigenvalue weighted by Crippen LogP contribution is 2.62. The summed E-state index contributed by atoms with van der Waals surface area (Å²) in [6.07, 6.45) is 20.5. The Morgan fingerprint density at radius 1 is 0.884 bits per heavy atom. The van der Waals surface area contributed by atoms with Gasteiger partial charge in [-0.25, -0.2) is 4.39 Å². The number of carbonyl (C=O) groups excluding carboxylic acids is 1. The van der Waals surface area contributed by atoms with Gasteiger partial charge >= 0.3 is 0 Å². The number of nitrogens with zero attached hydrogens (tertiary/aromatic N) is 3. The van der Waals surface area contributed by atoms with Crippen molar-refractivity contribution in [2.75, 3.05) is 26.4 Å². The van der Waals surface area contributed by atoms with E-state index in [1.807, 2.05) is 23.1 Å². The van der Waals surface area contributed by atoms with Crippen LogP contribution in [0.1, 0.15) is 139 Å². The molecule has 3 aliphatic rings. The number of unbranched alkanes of at least 4 members (excludes halogenated alkanes) is 10. The Kier molecular flexibility index (Phi) is 20.8. The SMILES string of the molecule is C=CCOc1ccc2c(c1)[C@H]1[C@H](CCCCO)[C@@H](CCCCO)C=C3C(=NOCc4ccc([N+](=O)[O-])cc4)C[C@H](N(Cc4ccc(F)cc4)C(=O)CCCCCCCCCCC)[C@@](OCC=C)(O2)[C@H]31. The van der Waals surface area contributed by atoms with Gasteiger partial charge < -0.3 is 34.2 Å². The van der Waals surface area contributed by atoms with Gasteiger partial charge in [-0.3, -0.25) is 14.9 Å². The van der Waals surface area contributed by atoms with Gasteiger partial charge in [-0.15, -0.1) is 6.58 Å². The fourth-order valence-electron chi connectivity index (χ4n) is 10.7. The molecule has 69 heavy (non-hydrogen) atoms. The largest absolute Gasteiger partial charge is 0.490 e. The third-order valence-electron chi connectivity index (χ3n) is 14.0. The van der Waals surface area contributed by atoms with Crippen molar-refractivity contribution in [1.29, 1.82) is 0 Å². The minimum absolute atomic E-state index is 0.0113. The number of ether oxygens (including phenoxy) is 3. The number of benzene rings is 3. The molecule has 0 radical (unpaired) electrons. The molecule has 12 nitrogen and oxygen atoms in total. The maximum Gasteiger partial charge on any atom is 0.269 e. The standard InChI is InChI=1S/C56H74FN3O9/c1-4-7-8-9-10-11-12-13-14-21-53(63)59(39-41-22-26-44(57)27-23-41)52-38-50(58-68-40-42-24-28-45(29-25-42)60(64)65)48-36-43(19-15-17-32-61)47(20-16-18-33-62)54-49-37-46(66-34-5-2)30-31-51(49)69-56(52,55(48)54)67-35-6-3/h5-6,22-31,36-37,43,47,52,54-55,61-62H,2-4,7-21,32-35,38-40H2,1H3/t43-,47+,52-,54+,55+,56+/m0/s1. The smallest absolute Gasteiger partial charge is 0.269 e. The molecule has 0 aromatic heterocycles. The van der Waals surface area contributed by atoms with Gasteiger partial charge in [0, 0.05) is 56.2 Å². The van der Waals surface area contributed by atoms with Crippen molar-refractivity contribution in [2.24, 2.45) is 22.9 Å². The zero-order chi connectivity index (χ0) is 49.0. The number of amides is 1. The summed E-state index contributed by atoms with van der Waals surface area (Å²) in [5.74, 6) is -1.43. The van der Waals surface area contributed by atoms with Crippen molar-refractivity contribution >= 4 is 17.3 Å². The molecule has 0 spiro atoms. The van der Waals surface area contributed by atoms with E-state index >= 15 is 4.79 Å². The van der Waals surface area contributed by atoms with Crippen LogP contribution < -0.4 is 9.47 Å². The molecule has 1 saturated carbocycles. The average molecular weight is 952 g/mol. The number of hydrogen-bond donors (Lipinski definition) is 2. The molecule has 3 aromatic carbocycles. The van der Waals surface area contributed by atoms with Crippen LogP contribution in [-0.2, 0) is 27.5 Å². The Hall–Kier alpha value is -5.37. The third kappa shape index (κ3) is 13.9. The van der Waals surface area contributed by atoms with Gasteiger partial charge in [-0.1, -0.05) is 113 Å². The Bertz CT molecular complexity index is 2180. The quantitative estimate of drug-likeness (QED) is 0.0278. The molecular weight excluding hydrogens is 878 g/mol. The molecule has 1 heterocycles. The molecule has 6 atom stereocenters. The number of rotatable bonds is 31. The van der Waals surface area contributed by atoms with E-state index in [0.717, 1.165) is 61.6 Å². The minimum atomic E-state index is -1.47. The van der Waals surface area contributed by atoms with Crippen molar-refractivity contribution < 1.29 is 43.4 Å². The number of nitro benzene ring substituents is 1. The second-order valence-electron chi connectivity index (χ2n) is 18.8. The molecule has 1 aliphatic heterocycles. The number of fused-ring (bicyclic) bond motifs is 2. The van der Waals surface area contributed by atoms with Crippen molar-refractivity contribution in [1.82, 2.24) is 4.90 Å². The predicted octanol–water partition coefficient (Wildman–Crippen LogP) is 12.1. The van der Waals surface area contributed by atoms with E-state index in [-0.39, 0.29) is 74.6 Å². The lowest BCUT2D eigenvalue weighted by molar-refractivity contribution is -0.384. The van der Waals surface area contributed by atoms with Gasteiger partial charge in [-0.2, -0.15) is 0 Å². The number of halogens is 1. The molecule has 1 amide bonds. The molecular formula is C56H74FN3O9. The summed E-state index contributed by atoms with van der Waals surface area (Å²) >= 11 is 0. The number of non-ortho nitro benzene ring substituents is 1. The average Bonchev–Trinajstić information content (AvgIpc) is 3.35. The van der Waals surface area contributed by atoms with Gasteiger partial charge in [0.25, 0.3) is 5.69 Å². The number of oxime groups is 1. The highest BCUT2D eigenvalue weighted by Gasteiger charge is 2.65. The molecule has 6 rings (SSSR count). The first-order valence-electron chi connectivity index (χ1n) is 25.4. The molecule has 13 heteroatoms. The summed E-state index contributed by atoms with van der Waals surface area (Å²) in [6.45, 7) is 10.9. The first-order chi connectivity index (χ1) is 33.7. The van der Waals surface area contributed by atoms with E-state index in [0.29, 0.717) is 55.1 Å². The monoisotopic (exact) mass is 952 g/mol. The first kappa shape index (κ1) is 53.0.